The van der Waals surface area contributed by atoms with E-state index in [0.29, 0.717) is 5.56 Å². The Morgan fingerprint density at radius 1 is 1.28 bits per heavy atom. The van der Waals surface area contributed by atoms with Crippen molar-refractivity contribution in [2.45, 2.75) is 58.5 Å². The summed E-state index contributed by atoms with van der Waals surface area (Å²) >= 11 is 0. The number of carbonyl (C=O) groups is 1. The second kappa shape index (κ2) is 7.90. The third-order valence-electron chi connectivity index (χ3n) is 7.02. The minimum absolute atomic E-state index is 0.00578. The molecule has 6 heteroatoms. The largest absolute Gasteiger partial charge is 0.349 e. The van der Waals surface area contributed by atoms with Crippen LogP contribution < -0.4 is 5.32 Å². The van der Waals surface area contributed by atoms with Crippen LogP contribution in [0.5, 0.6) is 0 Å². The Kier molecular flexibility index (Phi) is 5.47. The summed E-state index contributed by atoms with van der Waals surface area (Å²) in [7, 11) is 1.85. The van der Waals surface area contributed by atoms with Gasteiger partial charge >= 0.3 is 0 Å². The van der Waals surface area contributed by atoms with Crippen LogP contribution in [0.1, 0.15) is 59.3 Å². The summed E-state index contributed by atoms with van der Waals surface area (Å²) < 4.78 is 15.1. The molecule has 1 aromatic heterocycles. The Morgan fingerprint density at radius 2 is 2.03 bits per heavy atom. The molecule has 29 heavy (non-hydrogen) atoms. The number of likely N-dealkylation sites (tertiary alicyclic amines) is 1. The molecule has 1 saturated carbocycles. The molecule has 2 fully saturated rings. The minimum Gasteiger partial charge on any atom is -0.349 e. The number of hydrogen-bond donors (Lipinski definition) is 1. The van der Waals surface area contributed by atoms with E-state index in [1.165, 1.54) is 18.4 Å². The first kappa shape index (κ1) is 20.1. The molecule has 1 spiro atoms. The maximum absolute atomic E-state index is 13.4. The maximum Gasteiger partial charge on any atom is 0.254 e. The summed E-state index contributed by atoms with van der Waals surface area (Å²) in [5.41, 5.74) is 3.88. The van der Waals surface area contributed by atoms with Gasteiger partial charge in [-0.1, -0.05) is 12.5 Å². The van der Waals surface area contributed by atoms with E-state index < -0.39 is 0 Å². The highest BCUT2D eigenvalue weighted by Crippen LogP contribution is 2.46. The minimum atomic E-state index is -0.169. The van der Waals surface area contributed by atoms with E-state index in [-0.39, 0.29) is 23.2 Å². The van der Waals surface area contributed by atoms with Crippen molar-refractivity contribution in [1.82, 2.24) is 20.0 Å². The number of nitrogens with one attached hydrogen (secondary N) is 1. The summed E-state index contributed by atoms with van der Waals surface area (Å²) in [6, 6.07) is 5.31. The van der Waals surface area contributed by atoms with Crippen molar-refractivity contribution in [3.8, 4) is 0 Å². The monoisotopic (exact) mass is 398 g/mol. The fraction of sp³-hybridized carbons (Fsp3) is 0.565. The second-order valence-electron chi connectivity index (χ2n) is 8.93. The zero-order chi connectivity index (χ0) is 20.6. The summed E-state index contributed by atoms with van der Waals surface area (Å²) in [6.45, 7) is 6.78. The van der Waals surface area contributed by atoms with Gasteiger partial charge in [0.15, 0.2) is 0 Å². The van der Waals surface area contributed by atoms with Gasteiger partial charge in [0.1, 0.15) is 5.82 Å². The van der Waals surface area contributed by atoms with Crippen LogP contribution in [0.25, 0.3) is 0 Å². The molecule has 1 amide bonds. The molecule has 2 heterocycles. The van der Waals surface area contributed by atoms with Crippen molar-refractivity contribution < 1.29 is 9.18 Å². The SMILES string of the molecule is Cc1cc(F)ccc1CN1CCC2(CCCC2NC(=O)c2cn(C)nc2C)CC1. The lowest BCUT2D eigenvalue weighted by molar-refractivity contribution is 0.0684. The zero-order valence-electron chi connectivity index (χ0n) is 17.7. The first-order valence-electron chi connectivity index (χ1n) is 10.6. The number of rotatable bonds is 4. The molecule has 1 aliphatic heterocycles. The standard InChI is InChI=1S/C23H31FN4O/c1-16-13-19(24)7-6-18(16)14-28-11-9-23(10-12-28)8-4-5-21(23)25-22(29)20-15-27(3)26-17(20)2/h6-7,13,15,21H,4-5,8-12,14H2,1-3H3,(H,25,29). The number of carbonyl (C=O) groups excluding carboxylic acids is 1. The van der Waals surface area contributed by atoms with Gasteiger partial charge in [0.25, 0.3) is 5.91 Å². The van der Waals surface area contributed by atoms with E-state index in [0.717, 1.165) is 50.2 Å². The van der Waals surface area contributed by atoms with Crippen LogP contribution in [-0.2, 0) is 13.6 Å². The van der Waals surface area contributed by atoms with Crippen molar-refractivity contribution in [2.75, 3.05) is 13.1 Å². The number of aromatic nitrogens is 2. The van der Waals surface area contributed by atoms with Gasteiger partial charge in [-0.25, -0.2) is 4.39 Å². The number of amides is 1. The molecule has 1 aromatic carbocycles. The number of piperidine rings is 1. The van der Waals surface area contributed by atoms with E-state index in [4.69, 9.17) is 0 Å². The Labute approximate surface area is 172 Å². The fourth-order valence-corrected chi connectivity index (χ4v) is 5.25. The average molecular weight is 399 g/mol. The van der Waals surface area contributed by atoms with Crippen molar-refractivity contribution in [3.63, 3.8) is 0 Å². The number of nitrogens with zero attached hydrogens (tertiary/aromatic N) is 3. The third kappa shape index (κ3) is 4.08. The second-order valence-corrected chi connectivity index (χ2v) is 8.93. The quantitative estimate of drug-likeness (QED) is 0.854. The molecule has 0 radical (unpaired) electrons. The highest BCUT2D eigenvalue weighted by Gasteiger charge is 2.45. The molecule has 156 valence electrons. The third-order valence-corrected chi connectivity index (χ3v) is 7.02. The van der Waals surface area contributed by atoms with Crippen LogP contribution in [0.3, 0.4) is 0 Å². The molecule has 1 unspecified atom stereocenters. The molecule has 0 bridgehead atoms. The lowest BCUT2D eigenvalue weighted by Gasteiger charge is -2.43. The van der Waals surface area contributed by atoms with Crippen LogP contribution in [0.2, 0.25) is 0 Å². The Morgan fingerprint density at radius 3 is 2.69 bits per heavy atom. The van der Waals surface area contributed by atoms with E-state index in [1.807, 2.05) is 27.0 Å². The normalized spacial score (nSPS) is 21.6. The van der Waals surface area contributed by atoms with Crippen molar-refractivity contribution >= 4 is 5.91 Å². The first-order chi connectivity index (χ1) is 13.9. The van der Waals surface area contributed by atoms with Gasteiger partial charge < -0.3 is 5.32 Å². The van der Waals surface area contributed by atoms with Crippen LogP contribution >= 0.6 is 0 Å². The van der Waals surface area contributed by atoms with E-state index in [2.05, 4.69) is 15.3 Å². The number of hydrogen-bond acceptors (Lipinski definition) is 3. The highest BCUT2D eigenvalue weighted by molar-refractivity contribution is 5.95. The summed E-state index contributed by atoms with van der Waals surface area (Å²) in [6.07, 6.45) is 7.43. The average Bonchev–Trinajstić information content (AvgIpc) is 3.22. The number of benzene rings is 1. The van der Waals surface area contributed by atoms with Gasteiger partial charge in [-0.05, 0) is 81.3 Å². The molecule has 4 rings (SSSR count). The molecular weight excluding hydrogens is 367 g/mol. The van der Waals surface area contributed by atoms with Crippen LogP contribution in [0.4, 0.5) is 4.39 Å². The Bertz CT molecular complexity index is 898. The van der Waals surface area contributed by atoms with Gasteiger partial charge in [-0.15, -0.1) is 0 Å². The Hall–Kier alpha value is -2.21. The van der Waals surface area contributed by atoms with Crippen LogP contribution in [0.15, 0.2) is 24.4 Å². The van der Waals surface area contributed by atoms with Gasteiger partial charge in [0.2, 0.25) is 0 Å². The summed E-state index contributed by atoms with van der Waals surface area (Å²) in [5.74, 6) is -0.163. The molecule has 1 N–H and O–H groups in total. The highest BCUT2D eigenvalue weighted by atomic mass is 19.1. The molecule has 1 saturated heterocycles. The molecule has 1 atom stereocenters. The van der Waals surface area contributed by atoms with Crippen LogP contribution in [0, 0.1) is 25.1 Å². The zero-order valence-corrected chi connectivity index (χ0v) is 17.7. The molecule has 5 nitrogen and oxygen atoms in total. The summed E-state index contributed by atoms with van der Waals surface area (Å²) in [5, 5.41) is 7.64. The topological polar surface area (TPSA) is 50.2 Å². The van der Waals surface area contributed by atoms with Crippen molar-refractivity contribution in [3.05, 3.63) is 52.6 Å². The molecular formula is C23H31FN4O. The predicted molar refractivity (Wildman–Crippen MR) is 111 cm³/mol. The Balaban J connectivity index is 1.39. The van der Waals surface area contributed by atoms with Crippen molar-refractivity contribution in [1.29, 1.82) is 0 Å². The summed E-state index contributed by atoms with van der Waals surface area (Å²) in [4.78, 5) is 15.3. The van der Waals surface area contributed by atoms with E-state index >= 15 is 0 Å². The van der Waals surface area contributed by atoms with Crippen molar-refractivity contribution in [2.24, 2.45) is 12.5 Å². The maximum atomic E-state index is 13.4. The van der Waals surface area contributed by atoms with E-state index in [1.54, 1.807) is 23.0 Å². The van der Waals surface area contributed by atoms with E-state index in [9.17, 15) is 9.18 Å². The molecule has 2 aliphatic rings. The number of aryl methyl sites for hydroxylation is 3. The number of halogens is 1. The lowest BCUT2D eigenvalue weighted by Crippen LogP contribution is -2.50. The predicted octanol–water partition coefficient (Wildman–Crippen LogP) is 3.74. The van der Waals surface area contributed by atoms with Gasteiger partial charge in [-0.2, -0.15) is 5.10 Å². The fourth-order valence-electron chi connectivity index (χ4n) is 5.25. The lowest BCUT2D eigenvalue weighted by atomic mass is 9.74. The molecule has 1 aliphatic carbocycles. The van der Waals surface area contributed by atoms with Gasteiger partial charge in [0.05, 0.1) is 11.3 Å². The van der Waals surface area contributed by atoms with Gasteiger partial charge in [-0.3, -0.25) is 14.4 Å². The first-order valence-corrected chi connectivity index (χ1v) is 10.6. The van der Waals surface area contributed by atoms with Crippen LogP contribution in [-0.4, -0.2) is 39.7 Å². The van der Waals surface area contributed by atoms with Gasteiger partial charge in [0, 0.05) is 25.8 Å². The molecule has 2 aromatic rings. The smallest absolute Gasteiger partial charge is 0.254 e.